The molecule has 2 aliphatic rings. The van der Waals surface area contributed by atoms with Crippen LogP contribution in [0.3, 0.4) is 0 Å². The molecule has 0 amide bonds. The van der Waals surface area contributed by atoms with Gasteiger partial charge in [0.25, 0.3) is 0 Å². The maximum Gasteiger partial charge on any atom is 0.399 e. The van der Waals surface area contributed by atoms with Gasteiger partial charge < -0.3 is 14.2 Å². The molecule has 2 heterocycles. The van der Waals surface area contributed by atoms with Crippen molar-refractivity contribution in [1.82, 2.24) is 5.32 Å². The molecule has 0 radical (unpaired) electrons. The molecule has 2 fully saturated rings. The minimum absolute atomic E-state index is 0.737. The van der Waals surface area contributed by atoms with Gasteiger partial charge in [-0.05, 0) is 12.5 Å². The van der Waals surface area contributed by atoms with E-state index < -0.39 is 8.56 Å². The van der Waals surface area contributed by atoms with Crippen LogP contribution in [0, 0.1) is 0 Å². The Labute approximate surface area is 98.5 Å². The Kier molecular flexibility index (Phi) is 3.99. The van der Waals surface area contributed by atoms with Gasteiger partial charge in [0, 0.05) is 27.3 Å². The van der Waals surface area contributed by atoms with E-state index in [0.717, 1.165) is 56.1 Å². The zero-order valence-electron chi connectivity index (χ0n) is 10.3. The lowest BCUT2D eigenvalue weighted by molar-refractivity contribution is -1.10. The van der Waals surface area contributed by atoms with Crippen molar-refractivity contribution in [2.45, 2.75) is 12.5 Å². The van der Waals surface area contributed by atoms with Gasteiger partial charge >= 0.3 is 8.56 Å². The van der Waals surface area contributed by atoms with E-state index in [1.165, 1.54) is 0 Å². The average Bonchev–Trinajstić information content (AvgIpc) is 2.51. The van der Waals surface area contributed by atoms with Crippen molar-refractivity contribution in [2.24, 2.45) is 0 Å². The summed E-state index contributed by atoms with van der Waals surface area (Å²) < 4.78 is 12.2. The highest BCUT2D eigenvalue weighted by atomic mass is 28.4. The Morgan fingerprint density at radius 1 is 1.19 bits per heavy atom. The van der Waals surface area contributed by atoms with Gasteiger partial charge in [0.2, 0.25) is 0 Å². The normalized spacial score (nSPS) is 28.9. The highest BCUT2D eigenvalue weighted by Gasteiger charge is 2.49. The number of quaternary nitrogens is 1. The molecule has 0 aromatic rings. The van der Waals surface area contributed by atoms with Crippen molar-refractivity contribution in [3.05, 3.63) is 0 Å². The Morgan fingerprint density at radius 2 is 1.88 bits per heavy atom. The van der Waals surface area contributed by atoms with Crippen molar-refractivity contribution in [3.8, 4) is 0 Å². The van der Waals surface area contributed by atoms with Gasteiger partial charge in [0.1, 0.15) is 19.7 Å². The van der Waals surface area contributed by atoms with E-state index >= 15 is 0 Å². The SMILES string of the molecule is CO[Si]1(OC)CCCO[N+]2(CCNCC2)C1. The summed E-state index contributed by atoms with van der Waals surface area (Å²) in [7, 11) is 1.56. The van der Waals surface area contributed by atoms with E-state index in [9.17, 15) is 0 Å². The van der Waals surface area contributed by atoms with E-state index in [0.29, 0.717) is 0 Å². The summed E-state index contributed by atoms with van der Waals surface area (Å²) in [5.41, 5.74) is 0. The first-order valence-corrected chi connectivity index (χ1v) is 8.29. The van der Waals surface area contributed by atoms with Crippen LogP contribution >= 0.6 is 0 Å². The lowest BCUT2D eigenvalue weighted by Gasteiger charge is -2.40. The maximum absolute atomic E-state index is 6.06. The number of piperazine rings is 1. The van der Waals surface area contributed by atoms with Crippen molar-refractivity contribution in [2.75, 3.05) is 53.2 Å². The molecule has 1 spiro atoms. The zero-order valence-corrected chi connectivity index (χ0v) is 11.3. The summed E-state index contributed by atoms with van der Waals surface area (Å²) in [5.74, 6) is 0. The first-order chi connectivity index (χ1) is 7.74. The molecule has 2 rings (SSSR count). The first kappa shape index (κ1) is 12.5. The van der Waals surface area contributed by atoms with E-state index in [-0.39, 0.29) is 0 Å². The Morgan fingerprint density at radius 3 is 2.50 bits per heavy atom. The predicted molar refractivity (Wildman–Crippen MR) is 62.9 cm³/mol. The van der Waals surface area contributed by atoms with Crippen LogP contribution in [0.1, 0.15) is 6.42 Å². The number of hydrogen-bond donors (Lipinski definition) is 1. The molecule has 0 aromatic carbocycles. The van der Waals surface area contributed by atoms with Crippen LogP contribution in [-0.4, -0.2) is 66.4 Å². The predicted octanol–water partition coefficient (Wildman–Crippen LogP) is 0.0159. The third-order valence-corrected chi connectivity index (χ3v) is 7.39. The number of hydroxylamine groups is 3. The van der Waals surface area contributed by atoms with Gasteiger partial charge in [-0.15, -0.1) is 0 Å². The van der Waals surface area contributed by atoms with Gasteiger partial charge in [-0.25, -0.2) is 4.84 Å². The topological polar surface area (TPSA) is 39.7 Å². The maximum atomic E-state index is 6.06. The fourth-order valence-corrected chi connectivity index (χ4v) is 5.63. The third kappa shape index (κ3) is 2.47. The minimum atomic E-state index is -2.02. The molecule has 6 heteroatoms. The minimum Gasteiger partial charge on any atom is -0.394 e. The fraction of sp³-hybridized carbons (Fsp3) is 1.00. The molecular weight excluding hydrogens is 224 g/mol. The van der Waals surface area contributed by atoms with Crippen LogP contribution in [0.15, 0.2) is 0 Å². The lowest BCUT2D eigenvalue weighted by Crippen LogP contribution is -2.65. The molecule has 0 atom stereocenters. The first-order valence-electron chi connectivity index (χ1n) is 6.06. The van der Waals surface area contributed by atoms with Crippen molar-refractivity contribution >= 4 is 8.56 Å². The summed E-state index contributed by atoms with van der Waals surface area (Å²) in [6.07, 6.45) is 1.99. The fourth-order valence-electron chi connectivity index (χ4n) is 2.67. The van der Waals surface area contributed by atoms with Crippen molar-refractivity contribution in [3.63, 3.8) is 0 Å². The van der Waals surface area contributed by atoms with Crippen LogP contribution in [0.25, 0.3) is 0 Å². The number of rotatable bonds is 2. The Bertz CT molecular complexity index is 230. The lowest BCUT2D eigenvalue weighted by atomic mass is 10.4. The molecule has 1 N–H and O–H groups in total. The number of nitrogens with one attached hydrogen (secondary N) is 1. The number of hydrogen-bond acceptors (Lipinski definition) is 4. The van der Waals surface area contributed by atoms with Crippen molar-refractivity contribution in [1.29, 1.82) is 0 Å². The molecule has 2 saturated heterocycles. The largest absolute Gasteiger partial charge is 0.399 e. The highest BCUT2D eigenvalue weighted by Crippen LogP contribution is 2.26. The summed E-state index contributed by atoms with van der Waals surface area (Å²) in [4.78, 5) is 6.06. The zero-order chi connectivity index (χ0) is 11.5. The van der Waals surface area contributed by atoms with E-state index in [1.807, 2.05) is 0 Å². The molecule has 0 aliphatic carbocycles. The Hall–Kier alpha value is 0.0169. The third-order valence-electron chi connectivity index (χ3n) is 3.73. The number of nitrogens with zero attached hydrogens (tertiary/aromatic N) is 1. The van der Waals surface area contributed by atoms with Crippen LogP contribution in [-0.2, 0) is 13.7 Å². The quantitative estimate of drug-likeness (QED) is 0.551. The van der Waals surface area contributed by atoms with Gasteiger partial charge in [0.15, 0.2) is 6.17 Å². The summed E-state index contributed by atoms with van der Waals surface area (Å²) in [5, 5.41) is 3.38. The average molecular weight is 247 g/mol. The second-order valence-corrected chi connectivity index (χ2v) is 8.12. The highest BCUT2D eigenvalue weighted by molar-refractivity contribution is 6.67. The second kappa shape index (κ2) is 5.12. The molecule has 5 nitrogen and oxygen atoms in total. The summed E-state index contributed by atoms with van der Waals surface area (Å²) in [6.45, 7) is 4.94. The molecule has 16 heavy (non-hydrogen) atoms. The molecule has 2 aliphatic heterocycles. The van der Waals surface area contributed by atoms with Crippen LogP contribution in [0.4, 0.5) is 0 Å². The van der Waals surface area contributed by atoms with Crippen molar-refractivity contribution < 1.29 is 18.3 Å². The van der Waals surface area contributed by atoms with Crippen LogP contribution < -0.4 is 5.32 Å². The molecule has 0 aromatic heterocycles. The molecule has 0 saturated carbocycles. The van der Waals surface area contributed by atoms with E-state index in [1.54, 1.807) is 14.2 Å². The standard InChI is InChI=1S/C10H23N2O3Si/c1-13-16(14-2)9-3-8-15-12(10-16)6-4-11-5-7-12/h11H,3-10H2,1-2H3/q+1. The Balaban J connectivity index is 2.12. The molecule has 0 bridgehead atoms. The monoisotopic (exact) mass is 247 g/mol. The summed E-state index contributed by atoms with van der Waals surface area (Å²) >= 11 is 0. The molecule has 0 unspecified atom stereocenters. The second-order valence-electron chi connectivity index (χ2n) is 4.67. The smallest absolute Gasteiger partial charge is 0.394 e. The van der Waals surface area contributed by atoms with Gasteiger partial charge in [-0.3, -0.25) is 0 Å². The molecule has 94 valence electrons. The van der Waals surface area contributed by atoms with Gasteiger partial charge in [0.05, 0.1) is 0 Å². The van der Waals surface area contributed by atoms with Gasteiger partial charge in [-0.1, -0.05) is 0 Å². The van der Waals surface area contributed by atoms with E-state index in [4.69, 9.17) is 13.7 Å². The summed E-state index contributed by atoms with van der Waals surface area (Å²) in [6, 6.07) is 1.05. The van der Waals surface area contributed by atoms with Crippen LogP contribution in [0.2, 0.25) is 6.04 Å². The van der Waals surface area contributed by atoms with Gasteiger partial charge in [-0.2, -0.15) is 4.65 Å². The molecular formula is C10H23N2O3Si+. The van der Waals surface area contributed by atoms with Crippen LogP contribution in [0.5, 0.6) is 0 Å². The van der Waals surface area contributed by atoms with E-state index in [2.05, 4.69) is 5.32 Å².